The van der Waals surface area contributed by atoms with Gasteiger partial charge in [0, 0.05) is 32.7 Å². The predicted octanol–water partition coefficient (Wildman–Crippen LogP) is 2.25. The van der Waals surface area contributed by atoms with Crippen LogP contribution in [0.4, 0.5) is 6.01 Å². The number of carbonyl (C=O) groups excluding carboxylic acids is 1. The normalized spacial score (nSPS) is 23.1. The minimum atomic E-state index is 0.147. The molecule has 25 heavy (non-hydrogen) atoms. The van der Waals surface area contributed by atoms with E-state index in [0.29, 0.717) is 6.04 Å². The highest BCUT2D eigenvalue weighted by Gasteiger charge is 2.32. The Morgan fingerprint density at radius 3 is 2.76 bits per heavy atom. The summed E-state index contributed by atoms with van der Waals surface area (Å²) in [4.78, 5) is 21.3. The van der Waals surface area contributed by atoms with Gasteiger partial charge in [0.25, 0.3) is 6.01 Å². The van der Waals surface area contributed by atoms with E-state index in [1.54, 1.807) is 7.05 Å². The average molecular weight is 342 g/mol. The van der Waals surface area contributed by atoms with E-state index in [9.17, 15) is 4.79 Å². The van der Waals surface area contributed by atoms with Crippen molar-refractivity contribution < 1.29 is 9.21 Å². The van der Waals surface area contributed by atoms with Crippen molar-refractivity contribution in [2.24, 2.45) is 5.92 Å². The molecule has 2 aliphatic rings. The average Bonchev–Trinajstić information content (AvgIpc) is 3.12. The third kappa shape index (κ3) is 3.35. The molecule has 1 N–H and O–H groups in total. The lowest BCUT2D eigenvalue weighted by Gasteiger charge is -2.41. The summed E-state index contributed by atoms with van der Waals surface area (Å²) in [5.74, 6) is 0.336. The molecule has 6 nitrogen and oxygen atoms in total. The zero-order valence-electron chi connectivity index (χ0n) is 14.8. The van der Waals surface area contributed by atoms with Gasteiger partial charge in [-0.1, -0.05) is 12.1 Å². The van der Waals surface area contributed by atoms with E-state index < -0.39 is 0 Å². The Hall–Kier alpha value is -2.08. The number of carbonyl (C=O) groups is 1. The van der Waals surface area contributed by atoms with Crippen LogP contribution in [0.1, 0.15) is 25.7 Å². The number of nitrogens with zero attached hydrogens (tertiary/aromatic N) is 3. The van der Waals surface area contributed by atoms with Crippen molar-refractivity contribution in [2.45, 2.75) is 31.7 Å². The first-order chi connectivity index (χ1) is 12.2. The zero-order valence-corrected chi connectivity index (χ0v) is 14.8. The van der Waals surface area contributed by atoms with Crippen molar-refractivity contribution in [1.29, 1.82) is 0 Å². The molecule has 1 aromatic carbocycles. The summed E-state index contributed by atoms with van der Waals surface area (Å²) >= 11 is 0. The van der Waals surface area contributed by atoms with Crippen LogP contribution in [0, 0.1) is 5.92 Å². The topological polar surface area (TPSA) is 61.6 Å². The molecule has 3 heterocycles. The fourth-order valence-corrected chi connectivity index (χ4v) is 4.17. The Bertz CT molecular complexity index is 703. The second-order valence-corrected chi connectivity index (χ2v) is 7.13. The molecular weight excluding hydrogens is 316 g/mol. The first-order valence-electron chi connectivity index (χ1n) is 9.31. The SMILES string of the molecule is CNC(=O)[C@@H]1CCCN(C2CCN(c3nc4ccccc4o3)CC2)C1. The highest BCUT2D eigenvalue weighted by Crippen LogP contribution is 2.28. The lowest BCUT2D eigenvalue weighted by atomic mass is 9.93. The summed E-state index contributed by atoms with van der Waals surface area (Å²) in [7, 11) is 1.74. The van der Waals surface area contributed by atoms with Gasteiger partial charge in [0.2, 0.25) is 5.91 Å². The van der Waals surface area contributed by atoms with Crippen LogP contribution in [0.25, 0.3) is 11.1 Å². The number of fused-ring (bicyclic) bond motifs is 1. The second-order valence-electron chi connectivity index (χ2n) is 7.13. The van der Waals surface area contributed by atoms with E-state index >= 15 is 0 Å². The molecule has 134 valence electrons. The molecule has 1 amide bonds. The van der Waals surface area contributed by atoms with Gasteiger partial charge in [-0.2, -0.15) is 4.98 Å². The zero-order chi connectivity index (χ0) is 17.2. The summed E-state index contributed by atoms with van der Waals surface area (Å²) in [6, 6.07) is 9.21. The fourth-order valence-electron chi connectivity index (χ4n) is 4.17. The van der Waals surface area contributed by atoms with Crippen molar-refractivity contribution >= 4 is 23.0 Å². The number of benzene rings is 1. The number of anilines is 1. The largest absolute Gasteiger partial charge is 0.423 e. The summed E-state index contributed by atoms with van der Waals surface area (Å²) < 4.78 is 5.90. The van der Waals surface area contributed by atoms with Gasteiger partial charge >= 0.3 is 0 Å². The second kappa shape index (κ2) is 7.04. The van der Waals surface area contributed by atoms with Gasteiger partial charge in [0.15, 0.2) is 5.58 Å². The van der Waals surface area contributed by atoms with Crippen LogP contribution in [-0.2, 0) is 4.79 Å². The summed E-state index contributed by atoms with van der Waals surface area (Å²) in [6.07, 6.45) is 4.32. The van der Waals surface area contributed by atoms with Gasteiger partial charge in [-0.15, -0.1) is 0 Å². The molecule has 0 radical (unpaired) electrons. The first kappa shape index (κ1) is 16.4. The molecule has 1 aromatic heterocycles. The van der Waals surface area contributed by atoms with E-state index in [0.717, 1.165) is 69.0 Å². The number of hydrogen-bond donors (Lipinski definition) is 1. The molecule has 2 aliphatic heterocycles. The van der Waals surface area contributed by atoms with Gasteiger partial charge in [0.1, 0.15) is 5.52 Å². The Balaban J connectivity index is 1.37. The van der Waals surface area contributed by atoms with E-state index in [1.165, 1.54) is 0 Å². The highest BCUT2D eigenvalue weighted by molar-refractivity contribution is 5.78. The van der Waals surface area contributed by atoms with Gasteiger partial charge < -0.3 is 14.6 Å². The Morgan fingerprint density at radius 2 is 2.00 bits per heavy atom. The van der Waals surface area contributed by atoms with Crippen LogP contribution >= 0.6 is 0 Å². The van der Waals surface area contributed by atoms with E-state index in [-0.39, 0.29) is 11.8 Å². The monoisotopic (exact) mass is 342 g/mol. The van der Waals surface area contributed by atoms with Crippen molar-refractivity contribution in [3.8, 4) is 0 Å². The first-order valence-corrected chi connectivity index (χ1v) is 9.31. The Kier molecular flexibility index (Phi) is 4.61. The maximum atomic E-state index is 12.0. The number of hydrogen-bond acceptors (Lipinski definition) is 5. The number of oxazole rings is 1. The van der Waals surface area contributed by atoms with Gasteiger partial charge in [-0.05, 0) is 44.4 Å². The maximum Gasteiger partial charge on any atom is 0.298 e. The molecule has 4 rings (SSSR count). The van der Waals surface area contributed by atoms with Crippen LogP contribution in [0.15, 0.2) is 28.7 Å². The number of likely N-dealkylation sites (tertiary alicyclic amines) is 1. The maximum absolute atomic E-state index is 12.0. The predicted molar refractivity (Wildman–Crippen MR) is 97.6 cm³/mol. The third-order valence-electron chi connectivity index (χ3n) is 5.60. The summed E-state index contributed by atoms with van der Waals surface area (Å²) in [6.45, 7) is 3.92. The minimum absolute atomic E-state index is 0.147. The van der Waals surface area contributed by atoms with Gasteiger partial charge in [-0.3, -0.25) is 9.69 Å². The van der Waals surface area contributed by atoms with Gasteiger partial charge in [0.05, 0.1) is 5.92 Å². The van der Waals surface area contributed by atoms with Crippen LogP contribution in [0.2, 0.25) is 0 Å². The van der Waals surface area contributed by atoms with E-state index in [1.807, 2.05) is 24.3 Å². The van der Waals surface area contributed by atoms with Crippen LogP contribution < -0.4 is 10.2 Å². The summed E-state index contributed by atoms with van der Waals surface area (Å²) in [5, 5.41) is 2.80. The molecule has 1 atom stereocenters. The van der Waals surface area contributed by atoms with Crippen molar-refractivity contribution in [3.63, 3.8) is 0 Å². The van der Waals surface area contributed by atoms with Crippen molar-refractivity contribution in [2.75, 3.05) is 38.1 Å². The molecule has 2 saturated heterocycles. The van der Waals surface area contributed by atoms with E-state index in [4.69, 9.17) is 4.42 Å². The number of piperidine rings is 2. The minimum Gasteiger partial charge on any atom is -0.423 e. The lowest BCUT2D eigenvalue weighted by molar-refractivity contribution is -0.126. The molecule has 0 aliphatic carbocycles. The standard InChI is InChI=1S/C19H26N4O2/c1-20-18(24)14-5-4-10-23(13-14)15-8-11-22(12-9-15)19-21-16-6-2-3-7-17(16)25-19/h2-3,6-7,14-15H,4-5,8-13H2,1H3,(H,20,24)/t14-/m1/s1. The van der Waals surface area contributed by atoms with Crippen LogP contribution in [-0.4, -0.2) is 55.1 Å². The Labute approximate surface area is 148 Å². The molecule has 2 fully saturated rings. The molecule has 0 saturated carbocycles. The van der Waals surface area contributed by atoms with Crippen molar-refractivity contribution in [1.82, 2.24) is 15.2 Å². The molecule has 2 aromatic rings. The summed E-state index contributed by atoms with van der Waals surface area (Å²) in [5.41, 5.74) is 1.77. The Morgan fingerprint density at radius 1 is 1.20 bits per heavy atom. The van der Waals surface area contributed by atoms with Crippen LogP contribution in [0.3, 0.4) is 0 Å². The van der Waals surface area contributed by atoms with Crippen molar-refractivity contribution in [3.05, 3.63) is 24.3 Å². The number of amides is 1. The quantitative estimate of drug-likeness (QED) is 0.927. The lowest BCUT2D eigenvalue weighted by Crippen LogP contribution is -2.50. The number of rotatable bonds is 3. The molecular formula is C19H26N4O2. The number of para-hydroxylation sites is 2. The third-order valence-corrected chi connectivity index (χ3v) is 5.60. The fraction of sp³-hybridized carbons (Fsp3) is 0.579. The van der Waals surface area contributed by atoms with Gasteiger partial charge in [-0.25, -0.2) is 0 Å². The molecule has 6 heteroatoms. The smallest absolute Gasteiger partial charge is 0.298 e. The van der Waals surface area contributed by atoms with Crippen LogP contribution in [0.5, 0.6) is 0 Å². The van der Waals surface area contributed by atoms with E-state index in [2.05, 4.69) is 20.1 Å². The number of nitrogens with one attached hydrogen (secondary N) is 1. The molecule has 0 spiro atoms. The number of aromatic nitrogens is 1. The molecule has 0 unspecified atom stereocenters. The molecule has 0 bridgehead atoms. The highest BCUT2D eigenvalue weighted by atomic mass is 16.4.